The zero-order valence-corrected chi connectivity index (χ0v) is 34.3. The molecule has 1 unspecified atom stereocenters. The number of likely N-dealkylation sites (tertiary alicyclic amines) is 1. The van der Waals surface area contributed by atoms with Crippen LogP contribution in [0.5, 0.6) is 0 Å². The van der Waals surface area contributed by atoms with Gasteiger partial charge >= 0.3 is 0 Å². The van der Waals surface area contributed by atoms with Gasteiger partial charge in [-0.2, -0.15) is 15.3 Å². The molecule has 3 atom stereocenters. The largest absolute Gasteiger partial charge is 0.383 e. The second kappa shape index (κ2) is 16.4. The SMILES string of the molecule is Cn1nc(C2CCC(=O)NC2=O)c2cccc(NCCC3CCN(CC4CCC(n5cc(NC(=O)c6cnn7ccc(N8C[C@H]9C[C@@H]8CO9)nc67)c(C(F)F)n5)CC4)CC3)c21. The number of para-hydroxylation sites is 1. The number of imide groups is 1. The monoisotopic (exact) mass is 838 g/mol. The molecule has 4 saturated heterocycles. The number of carbonyl (C=O) groups excluding carboxylic acids is 3. The van der Waals surface area contributed by atoms with Crippen LogP contribution in [0, 0.1) is 11.8 Å². The molecule has 5 aliphatic rings. The molecule has 4 aliphatic heterocycles. The van der Waals surface area contributed by atoms with E-state index in [9.17, 15) is 23.2 Å². The number of piperidine rings is 2. The third-order valence-electron chi connectivity index (χ3n) is 13.8. The molecule has 5 aromatic rings. The molecule has 0 radical (unpaired) electrons. The van der Waals surface area contributed by atoms with Crippen molar-refractivity contribution < 1.29 is 27.9 Å². The molecule has 18 heteroatoms. The summed E-state index contributed by atoms with van der Waals surface area (Å²) in [5.74, 6) is 0.417. The quantitative estimate of drug-likeness (QED) is 0.137. The van der Waals surface area contributed by atoms with E-state index in [2.05, 4.69) is 42.0 Å². The number of anilines is 3. The molecular weight excluding hydrogens is 787 g/mol. The van der Waals surface area contributed by atoms with Crippen LogP contribution in [0.4, 0.5) is 26.0 Å². The number of alkyl halides is 2. The van der Waals surface area contributed by atoms with E-state index in [-0.39, 0.29) is 41.3 Å². The van der Waals surface area contributed by atoms with Crippen LogP contribution in [-0.4, -0.2) is 108 Å². The highest BCUT2D eigenvalue weighted by atomic mass is 19.3. The number of carbonyl (C=O) groups is 3. The Balaban J connectivity index is 0.694. The first-order valence-electron chi connectivity index (χ1n) is 21.8. The van der Waals surface area contributed by atoms with Gasteiger partial charge in [0.1, 0.15) is 11.4 Å². The number of amides is 3. The molecular formula is C43H52F2N12O4. The number of hydrogen-bond acceptors (Lipinski definition) is 11. The number of aryl methyl sites for hydroxylation is 1. The van der Waals surface area contributed by atoms with Gasteiger partial charge in [0.15, 0.2) is 11.3 Å². The number of hydrogen-bond donors (Lipinski definition) is 3. The Labute approximate surface area is 351 Å². The lowest BCUT2D eigenvalue weighted by atomic mass is 9.85. The number of ether oxygens (including phenoxy) is 1. The first-order chi connectivity index (χ1) is 29.6. The summed E-state index contributed by atoms with van der Waals surface area (Å²) < 4.78 is 39.3. The van der Waals surface area contributed by atoms with Crippen molar-refractivity contribution >= 4 is 51.5 Å². The summed E-state index contributed by atoms with van der Waals surface area (Å²) in [6.07, 6.45) is 10.8. The fraction of sp³-hybridized carbons (Fsp3) is 0.558. The molecule has 322 valence electrons. The molecule has 1 aromatic carbocycles. The third kappa shape index (κ3) is 7.83. The smallest absolute Gasteiger partial charge is 0.284 e. The second-order valence-electron chi connectivity index (χ2n) is 17.6. The Kier molecular flexibility index (Phi) is 10.7. The number of morpholine rings is 1. The highest BCUT2D eigenvalue weighted by Gasteiger charge is 2.40. The van der Waals surface area contributed by atoms with E-state index in [0.29, 0.717) is 36.9 Å². The van der Waals surface area contributed by atoms with Gasteiger partial charge in [0, 0.05) is 50.9 Å². The first-order valence-corrected chi connectivity index (χ1v) is 21.8. The number of aromatic nitrogens is 7. The molecule has 3 N–H and O–H groups in total. The number of rotatable bonds is 12. The molecule has 1 saturated carbocycles. The van der Waals surface area contributed by atoms with Gasteiger partial charge in [-0.05, 0) is 94.8 Å². The standard InChI is InChI=1S/C43H52F2N12O4/c1-53-39-30(37(51-53)31-9-10-36(58)50-42(31)59)3-2-4-33(39)46-15-11-25-12-16-54(17-13-25)21-26-5-7-27(8-6-26)57-23-34(38(52-57)40(44)45)48-43(60)32-20-47-56-18-14-35(49-41(32)56)55-22-29-19-28(55)24-61-29/h2-4,14,18,20,23,25-29,31,40,46H,5-13,15-17,19,21-22,24H2,1H3,(H,48,60)(H,50,58,59)/t26?,27?,28-,29-,31?/m1/s1. The predicted molar refractivity (Wildman–Crippen MR) is 223 cm³/mol. The van der Waals surface area contributed by atoms with Crippen molar-refractivity contribution in [1.29, 1.82) is 0 Å². The zero-order chi connectivity index (χ0) is 41.8. The van der Waals surface area contributed by atoms with Gasteiger partial charge in [0.25, 0.3) is 12.3 Å². The molecule has 4 aromatic heterocycles. The lowest BCUT2D eigenvalue weighted by molar-refractivity contribution is -0.134. The normalized spacial score (nSPS) is 25.0. The highest BCUT2D eigenvalue weighted by Crippen LogP contribution is 2.37. The number of fused-ring (bicyclic) bond motifs is 4. The number of benzene rings is 1. The third-order valence-corrected chi connectivity index (χ3v) is 13.8. The summed E-state index contributed by atoms with van der Waals surface area (Å²) in [5.41, 5.74) is 2.83. The van der Waals surface area contributed by atoms with Crippen LogP contribution in [0.2, 0.25) is 0 Å². The van der Waals surface area contributed by atoms with Crippen LogP contribution in [0.25, 0.3) is 16.6 Å². The van der Waals surface area contributed by atoms with Crippen LogP contribution < -0.4 is 20.9 Å². The summed E-state index contributed by atoms with van der Waals surface area (Å²) in [4.78, 5) is 47.4. The molecule has 61 heavy (non-hydrogen) atoms. The van der Waals surface area contributed by atoms with Crippen molar-refractivity contribution in [2.24, 2.45) is 18.9 Å². The Morgan fingerprint density at radius 1 is 1.00 bits per heavy atom. The van der Waals surface area contributed by atoms with Gasteiger partial charge in [-0.3, -0.25) is 29.1 Å². The Hall–Kier alpha value is -5.49. The van der Waals surface area contributed by atoms with Crippen molar-refractivity contribution in [1.82, 2.24) is 44.4 Å². The maximum absolute atomic E-state index is 14.3. The summed E-state index contributed by atoms with van der Waals surface area (Å²) in [5, 5.41) is 23.1. The van der Waals surface area contributed by atoms with Crippen LogP contribution in [0.3, 0.4) is 0 Å². The van der Waals surface area contributed by atoms with Gasteiger partial charge in [-0.1, -0.05) is 12.1 Å². The second-order valence-corrected chi connectivity index (χ2v) is 17.6. The molecule has 3 amide bonds. The number of nitrogens with zero attached hydrogens (tertiary/aromatic N) is 9. The molecule has 10 rings (SSSR count). The molecule has 2 bridgehead atoms. The van der Waals surface area contributed by atoms with Gasteiger partial charge < -0.3 is 25.2 Å². The molecule has 16 nitrogen and oxygen atoms in total. The van der Waals surface area contributed by atoms with E-state index in [1.54, 1.807) is 17.1 Å². The minimum absolute atomic E-state index is 0.0117. The van der Waals surface area contributed by atoms with Crippen molar-refractivity contribution in [3.63, 3.8) is 0 Å². The zero-order valence-electron chi connectivity index (χ0n) is 34.3. The lowest BCUT2D eigenvalue weighted by Gasteiger charge is -2.36. The summed E-state index contributed by atoms with van der Waals surface area (Å²) in [6.45, 7) is 5.41. The average Bonchev–Trinajstić information content (AvgIpc) is 4.11. The number of nitrogens with one attached hydrogen (secondary N) is 3. The minimum atomic E-state index is -2.84. The maximum atomic E-state index is 14.3. The van der Waals surface area contributed by atoms with E-state index in [4.69, 9.17) is 14.8 Å². The van der Waals surface area contributed by atoms with Crippen LogP contribution in [0.15, 0.2) is 42.9 Å². The van der Waals surface area contributed by atoms with Gasteiger partial charge in [-0.15, -0.1) is 0 Å². The van der Waals surface area contributed by atoms with Crippen LogP contribution in [0.1, 0.15) is 104 Å². The van der Waals surface area contributed by atoms with E-state index in [0.717, 1.165) is 112 Å². The maximum Gasteiger partial charge on any atom is 0.284 e. The Morgan fingerprint density at radius 3 is 2.59 bits per heavy atom. The van der Waals surface area contributed by atoms with Gasteiger partial charge in [0.05, 0.1) is 59.5 Å². The Morgan fingerprint density at radius 2 is 1.84 bits per heavy atom. The molecule has 5 fully saturated rings. The van der Waals surface area contributed by atoms with E-state index in [1.807, 2.05) is 29.9 Å². The Bertz CT molecular complexity index is 2450. The fourth-order valence-corrected chi connectivity index (χ4v) is 10.4. The minimum Gasteiger partial charge on any atom is -0.383 e. The molecule has 1 aliphatic carbocycles. The summed E-state index contributed by atoms with van der Waals surface area (Å²) in [7, 11) is 1.90. The van der Waals surface area contributed by atoms with Gasteiger partial charge in [0.2, 0.25) is 11.8 Å². The topological polar surface area (TPSA) is 169 Å². The van der Waals surface area contributed by atoms with E-state index in [1.165, 1.54) is 10.7 Å². The first kappa shape index (κ1) is 39.6. The average molecular weight is 839 g/mol. The van der Waals surface area contributed by atoms with E-state index >= 15 is 0 Å². The van der Waals surface area contributed by atoms with Crippen molar-refractivity contribution in [3.8, 4) is 0 Å². The summed E-state index contributed by atoms with van der Waals surface area (Å²) in [6, 6.07) is 8.16. The fourth-order valence-electron chi connectivity index (χ4n) is 10.4. The molecule has 8 heterocycles. The number of halogens is 2. The van der Waals surface area contributed by atoms with Crippen molar-refractivity contribution in [2.75, 3.05) is 54.9 Å². The summed E-state index contributed by atoms with van der Waals surface area (Å²) >= 11 is 0. The van der Waals surface area contributed by atoms with E-state index < -0.39 is 23.9 Å². The van der Waals surface area contributed by atoms with Gasteiger partial charge in [-0.25, -0.2) is 18.3 Å². The van der Waals surface area contributed by atoms with Crippen LogP contribution >= 0.6 is 0 Å². The van der Waals surface area contributed by atoms with Crippen molar-refractivity contribution in [3.05, 3.63) is 59.8 Å². The lowest BCUT2D eigenvalue weighted by Crippen LogP contribution is -2.39. The highest BCUT2D eigenvalue weighted by molar-refractivity contribution is 6.08. The molecule has 0 spiro atoms. The predicted octanol–water partition coefficient (Wildman–Crippen LogP) is 5.45. The van der Waals surface area contributed by atoms with Crippen molar-refractivity contribution in [2.45, 2.75) is 94.7 Å². The van der Waals surface area contributed by atoms with Crippen LogP contribution in [-0.2, 0) is 21.4 Å².